The van der Waals surface area contributed by atoms with E-state index >= 15 is 0 Å². The first kappa shape index (κ1) is 14.8. The molecule has 1 aliphatic rings. The monoisotopic (exact) mass is 304 g/mol. The van der Waals surface area contributed by atoms with E-state index in [1.54, 1.807) is 24.3 Å². The van der Waals surface area contributed by atoms with Gasteiger partial charge < -0.3 is 10.7 Å². The number of fused-ring (bicyclic) bond motifs is 2. The Hall–Kier alpha value is -3.14. The minimum atomic E-state index is -0.0924. The van der Waals surface area contributed by atoms with Crippen LogP contribution < -0.4 is 5.73 Å². The Bertz CT molecular complexity index is 898. The van der Waals surface area contributed by atoms with E-state index in [2.05, 4.69) is 24.0 Å². The Balaban J connectivity index is 0.000000136. The van der Waals surface area contributed by atoms with Crippen molar-refractivity contribution >= 4 is 28.3 Å². The van der Waals surface area contributed by atoms with Crippen LogP contribution in [0.4, 0.5) is 5.82 Å². The fraction of sp³-hybridized carbons (Fsp3) is 0.0526. The van der Waals surface area contributed by atoms with Gasteiger partial charge in [-0.2, -0.15) is 0 Å². The Morgan fingerprint density at radius 3 is 2.04 bits per heavy atom. The molecule has 0 spiro atoms. The zero-order valence-electron chi connectivity index (χ0n) is 12.7. The summed E-state index contributed by atoms with van der Waals surface area (Å²) in [4.78, 5) is 25.5. The first-order valence-corrected chi connectivity index (χ1v) is 7.26. The largest absolute Gasteiger partial charge is 0.385 e. The summed E-state index contributed by atoms with van der Waals surface area (Å²) in [6, 6.07) is 14.9. The van der Waals surface area contributed by atoms with Crippen molar-refractivity contribution in [2.45, 2.75) is 6.92 Å². The maximum absolute atomic E-state index is 11.2. The Morgan fingerprint density at radius 1 is 0.870 bits per heavy atom. The highest BCUT2D eigenvalue weighted by atomic mass is 16.1. The maximum atomic E-state index is 11.2. The van der Waals surface area contributed by atoms with Crippen LogP contribution in [0, 0.1) is 6.92 Å². The standard InChI is InChI=1S/C10H6O2.C9H10N2/c11-9-5-6-10(12)8-4-2-1-3-7(8)9;1-6-3-2-4-7-5-8(10)11-9(6)7/h1-6H;2-5,11H,10H2,1H3. The molecule has 4 nitrogen and oxygen atoms in total. The molecule has 3 N–H and O–H groups in total. The van der Waals surface area contributed by atoms with Gasteiger partial charge in [0, 0.05) is 22.0 Å². The number of allylic oxidation sites excluding steroid dienone is 2. The molecule has 4 rings (SSSR count). The van der Waals surface area contributed by atoms with Gasteiger partial charge in [0.1, 0.15) is 5.82 Å². The number of nitrogens with one attached hydrogen (secondary N) is 1. The van der Waals surface area contributed by atoms with Crippen molar-refractivity contribution in [3.05, 3.63) is 77.4 Å². The number of hydrogen-bond acceptors (Lipinski definition) is 3. The summed E-state index contributed by atoms with van der Waals surface area (Å²) in [7, 11) is 0. The second kappa shape index (κ2) is 5.93. The second-order valence-corrected chi connectivity index (χ2v) is 5.37. The van der Waals surface area contributed by atoms with Gasteiger partial charge in [0.05, 0.1) is 0 Å². The molecule has 1 aromatic heterocycles. The molecule has 0 unspecified atom stereocenters. The number of nitrogens with two attached hydrogens (primary N) is 1. The number of ketones is 2. The van der Waals surface area contributed by atoms with Crippen molar-refractivity contribution in [1.29, 1.82) is 0 Å². The van der Waals surface area contributed by atoms with Gasteiger partial charge in [-0.3, -0.25) is 9.59 Å². The van der Waals surface area contributed by atoms with Gasteiger partial charge >= 0.3 is 0 Å². The number of anilines is 1. The molecule has 114 valence electrons. The summed E-state index contributed by atoms with van der Waals surface area (Å²) in [6.45, 7) is 2.07. The molecule has 1 heterocycles. The molecule has 2 aromatic carbocycles. The predicted octanol–water partition coefficient (Wildman–Crippen LogP) is 3.68. The number of nitrogen functional groups attached to an aromatic ring is 1. The number of carbonyl (C=O) groups excluding carboxylic acids is 2. The number of aryl methyl sites for hydroxylation is 1. The molecule has 0 saturated heterocycles. The van der Waals surface area contributed by atoms with E-state index in [1.165, 1.54) is 23.1 Å². The maximum Gasteiger partial charge on any atom is 0.186 e. The summed E-state index contributed by atoms with van der Waals surface area (Å²) in [5, 5.41) is 1.18. The summed E-state index contributed by atoms with van der Waals surface area (Å²) in [6.07, 6.45) is 2.62. The molecule has 0 saturated carbocycles. The van der Waals surface area contributed by atoms with E-state index in [0.29, 0.717) is 11.1 Å². The molecule has 0 fully saturated rings. The number of rotatable bonds is 0. The van der Waals surface area contributed by atoms with Gasteiger partial charge in [-0.15, -0.1) is 0 Å². The Morgan fingerprint density at radius 2 is 1.48 bits per heavy atom. The number of aromatic nitrogens is 1. The van der Waals surface area contributed by atoms with Gasteiger partial charge in [0.15, 0.2) is 11.6 Å². The van der Waals surface area contributed by atoms with Crippen LogP contribution in [0.5, 0.6) is 0 Å². The molecule has 0 radical (unpaired) electrons. The van der Waals surface area contributed by atoms with Gasteiger partial charge in [-0.1, -0.05) is 42.5 Å². The summed E-state index contributed by atoms with van der Waals surface area (Å²) in [5.41, 5.74) is 8.99. The van der Waals surface area contributed by atoms with Crippen LogP contribution in [0.25, 0.3) is 10.9 Å². The predicted molar refractivity (Wildman–Crippen MR) is 91.7 cm³/mol. The van der Waals surface area contributed by atoms with E-state index in [1.807, 2.05) is 12.1 Å². The molecule has 0 atom stereocenters. The number of hydrogen-bond donors (Lipinski definition) is 2. The number of aromatic amines is 1. The smallest absolute Gasteiger partial charge is 0.186 e. The molecule has 0 bridgehead atoms. The lowest BCUT2D eigenvalue weighted by atomic mass is 9.95. The average molecular weight is 304 g/mol. The van der Waals surface area contributed by atoms with Crippen LogP contribution in [0.2, 0.25) is 0 Å². The van der Waals surface area contributed by atoms with Crippen molar-refractivity contribution in [1.82, 2.24) is 4.98 Å². The minimum Gasteiger partial charge on any atom is -0.385 e. The third kappa shape index (κ3) is 2.92. The van der Waals surface area contributed by atoms with E-state index in [4.69, 9.17) is 5.73 Å². The fourth-order valence-corrected chi connectivity index (χ4v) is 2.57. The minimum absolute atomic E-state index is 0.0924. The molecule has 0 aliphatic heterocycles. The highest BCUT2D eigenvalue weighted by molar-refractivity contribution is 6.21. The zero-order chi connectivity index (χ0) is 16.4. The quantitative estimate of drug-likeness (QED) is 0.665. The molecular formula is C19H16N2O2. The molecule has 4 heteroatoms. The number of H-pyrrole nitrogens is 1. The van der Waals surface area contributed by atoms with Crippen LogP contribution in [0.3, 0.4) is 0 Å². The second-order valence-electron chi connectivity index (χ2n) is 5.37. The Kier molecular flexibility index (Phi) is 3.81. The van der Waals surface area contributed by atoms with Crippen molar-refractivity contribution in [2.75, 3.05) is 5.73 Å². The molecule has 0 amide bonds. The van der Waals surface area contributed by atoms with Crippen LogP contribution in [-0.2, 0) is 0 Å². The topological polar surface area (TPSA) is 76.0 Å². The van der Waals surface area contributed by atoms with Gasteiger partial charge in [0.2, 0.25) is 0 Å². The van der Waals surface area contributed by atoms with Crippen molar-refractivity contribution in [3.8, 4) is 0 Å². The third-order valence-corrected chi connectivity index (χ3v) is 3.73. The number of carbonyl (C=O) groups is 2. The summed E-state index contributed by atoms with van der Waals surface area (Å²) >= 11 is 0. The highest BCUT2D eigenvalue weighted by Gasteiger charge is 2.16. The normalized spacial score (nSPS) is 12.7. The van der Waals surface area contributed by atoms with Crippen LogP contribution in [-0.4, -0.2) is 16.6 Å². The molecule has 1 aliphatic carbocycles. The SMILES string of the molecule is Cc1cccc2cc(N)[nH]c12.O=C1C=CC(=O)c2ccccc21. The van der Waals surface area contributed by atoms with E-state index < -0.39 is 0 Å². The average Bonchev–Trinajstić information content (AvgIpc) is 2.94. The molecule has 23 heavy (non-hydrogen) atoms. The lowest BCUT2D eigenvalue weighted by Crippen LogP contribution is -2.10. The molecule has 3 aromatic rings. The fourth-order valence-electron chi connectivity index (χ4n) is 2.57. The van der Waals surface area contributed by atoms with Crippen molar-refractivity contribution < 1.29 is 9.59 Å². The lowest BCUT2D eigenvalue weighted by molar-refractivity contribution is 0.0994. The van der Waals surface area contributed by atoms with Gasteiger partial charge in [0.25, 0.3) is 0 Å². The van der Waals surface area contributed by atoms with E-state index in [9.17, 15) is 9.59 Å². The van der Waals surface area contributed by atoms with Gasteiger partial charge in [-0.05, 0) is 30.7 Å². The summed E-state index contributed by atoms with van der Waals surface area (Å²) < 4.78 is 0. The summed E-state index contributed by atoms with van der Waals surface area (Å²) in [5.74, 6) is 0.546. The zero-order valence-corrected chi connectivity index (χ0v) is 12.7. The van der Waals surface area contributed by atoms with Gasteiger partial charge in [-0.25, -0.2) is 0 Å². The Labute approximate surface area is 133 Å². The first-order chi connectivity index (χ1) is 11.1. The van der Waals surface area contributed by atoms with E-state index in [-0.39, 0.29) is 11.6 Å². The first-order valence-electron chi connectivity index (χ1n) is 7.26. The number of para-hydroxylation sites is 1. The van der Waals surface area contributed by atoms with Crippen LogP contribution in [0.15, 0.2) is 60.7 Å². The van der Waals surface area contributed by atoms with Crippen molar-refractivity contribution in [3.63, 3.8) is 0 Å². The highest BCUT2D eigenvalue weighted by Crippen LogP contribution is 2.19. The third-order valence-electron chi connectivity index (χ3n) is 3.73. The lowest BCUT2D eigenvalue weighted by Gasteiger charge is -2.06. The van der Waals surface area contributed by atoms with Crippen LogP contribution >= 0.6 is 0 Å². The van der Waals surface area contributed by atoms with E-state index in [0.717, 1.165) is 11.3 Å². The van der Waals surface area contributed by atoms with Crippen molar-refractivity contribution in [2.24, 2.45) is 0 Å². The molecular weight excluding hydrogens is 288 g/mol. The number of benzene rings is 2. The van der Waals surface area contributed by atoms with Crippen LogP contribution in [0.1, 0.15) is 26.3 Å².